The normalized spacial score (nSPS) is 17.4. The van der Waals surface area contributed by atoms with Crippen molar-refractivity contribution in [1.29, 1.82) is 0 Å². The Labute approximate surface area is 123 Å². The van der Waals surface area contributed by atoms with Crippen molar-refractivity contribution < 1.29 is 4.74 Å². The summed E-state index contributed by atoms with van der Waals surface area (Å²) in [7, 11) is 1.69. The van der Waals surface area contributed by atoms with E-state index in [1.54, 1.807) is 7.11 Å². The van der Waals surface area contributed by atoms with Crippen LogP contribution in [0.2, 0.25) is 0 Å². The molecule has 1 saturated carbocycles. The largest absolute Gasteiger partial charge is 0.497 e. The lowest BCUT2D eigenvalue weighted by Crippen LogP contribution is -2.16. The minimum atomic E-state index is 0.151. The fraction of sp³-hybridized carbons (Fsp3) is 0.474. The molecule has 0 atom stereocenters. The maximum Gasteiger partial charge on any atom is 0.118 e. The summed E-state index contributed by atoms with van der Waals surface area (Å²) in [6, 6.07) is 8.00. The summed E-state index contributed by atoms with van der Waals surface area (Å²) in [5.74, 6) is 7.81. The number of rotatable bonds is 3. The molecule has 1 fully saturated rings. The Morgan fingerprint density at radius 3 is 2.35 bits per heavy atom. The van der Waals surface area contributed by atoms with Gasteiger partial charge in [0.1, 0.15) is 5.75 Å². The van der Waals surface area contributed by atoms with Crippen LogP contribution in [-0.2, 0) is 0 Å². The number of ether oxygens (including phenoxy) is 1. The topological polar surface area (TPSA) is 9.23 Å². The van der Waals surface area contributed by atoms with Crippen molar-refractivity contribution in [1.82, 2.24) is 0 Å². The highest BCUT2D eigenvalue weighted by Gasteiger charge is 2.27. The lowest BCUT2D eigenvalue weighted by molar-refractivity contribution is 0.351. The molecule has 1 heteroatoms. The average molecular weight is 268 g/mol. The highest BCUT2D eigenvalue weighted by atomic mass is 16.5. The standard InChI is InChI=1S/C19H24O/c1-3-13-19(14-6-4-5-7-15-19)16-12-17-8-10-18(20-2)11-9-17/h3,8-11H,1,4-7,13-15H2,2H3. The third-order valence-corrected chi connectivity index (χ3v) is 4.16. The van der Waals surface area contributed by atoms with Crippen molar-refractivity contribution >= 4 is 0 Å². The van der Waals surface area contributed by atoms with Gasteiger partial charge in [-0.3, -0.25) is 0 Å². The Hall–Kier alpha value is -1.68. The highest BCUT2D eigenvalue weighted by Crippen LogP contribution is 2.37. The molecule has 0 aliphatic heterocycles. The zero-order chi connectivity index (χ0) is 14.3. The second-order valence-electron chi connectivity index (χ2n) is 5.67. The van der Waals surface area contributed by atoms with E-state index >= 15 is 0 Å². The van der Waals surface area contributed by atoms with E-state index in [0.29, 0.717) is 0 Å². The molecule has 0 aromatic heterocycles. The van der Waals surface area contributed by atoms with Gasteiger partial charge < -0.3 is 4.74 Å². The SMILES string of the molecule is C=CCC1(C#Cc2ccc(OC)cc2)CCCCCC1. The zero-order valence-electron chi connectivity index (χ0n) is 12.5. The zero-order valence-corrected chi connectivity index (χ0v) is 12.5. The molecule has 0 radical (unpaired) electrons. The molecule has 0 spiro atoms. The molecule has 0 saturated heterocycles. The van der Waals surface area contributed by atoms with Crippen molar-refractivity contribution in [2.75, 3.05) is 7.11 Å². The molecule has 1 aromatic carbocycles. The molecule has 0 N–H and O–H groups in total. The molecule has 0 amide bonds. The van der Waals surface area contributed by atoms with Gasteiger partial charge in [0, 0.05) is 11.0 Å². The van der Waals surface area contributed by atoms with Gasteiger partial charge in [0.2, 0.25) is 0 Å². The summed E-state index contributed by atoms with van der Waals surface area (Å²) in [4.78, 5) is 0. The van der Waals surface area contributed by atoms with Gasteiger partial charge in [0.15, 0.2) is 0 Å². The van der Waals surface area contributed by atoms with E-state index in [0.717, 1.165) is 17.7 Å². The number of methoxy groups -OCH3 is 1. The molecular formula is C19H24O. The van der Waals surface area contributed by atoms with Crippen LogP contribution in [0.1, 0.15) is 50.5 Å². The molecule has 0 bridgehead atoms. The van der Waals surface area contributed by atoms with Crippen LogP contribution >= 0.6 is 0 Å². The third-order valence-electron chi connectivity index (χ3n) is 4.16. The number of benzene rings is 1. The average Bonchev–Trinajstić information content (AvgIpc) is 2.72. The van der Waals surface area contributed by atoms with E-state index < -0.39 is 0 Å². The molecular weight excluding hydrogens is 244 g/mol. The van der Waals surface area contributed by atoms with Gasteiger partial charge in [0.05, 0.1) is 7.11 Å². The second-order valence-corrected chi connectivity index (χ2v) is 5.67. The molecule has 1 aliphatic carbocycles. The van der Waals surface area contributed by atoms with E-state index in [1.807, 2.05) is 30.3 Å². The predicted molar refractivity (Wildman–Crippen MR) is 84.8 cm³/mol. The van der Waals surface area contributed by atoms with Gasteiger partial charge in [-0.25, -0.2) is 0 Å². The molecule has 1 aliphatic rings. The van der Waals surface area contributed by atoms with Crippen LogP contribution in [0.4, 0.5) is 0 Å². The van der Waals surface area contributed by atoms with Crippen LogP contribution in [0.3, 0.4) is 0 Å². The smallest absolute Gasteiger partial charge is 0.118 e. The molecule has 20 heavy (non-hydrogen) atoms. The lowest BCUT2D eigenvalue weighted by atomic mass is 9.78. The predicted octanol–water partition coefficient (Wildman–Crippen LogP) is 4.96. The third kappa shape index (κ3) is 3.90. The van der Waals surface area contributed by atoms with Crippen LogP contribution in [0.15, 0.2) is 36.9 Å². The lowest BCUT2D eigenvalue weighted by Gasteiger charge is -2.25. The van der Waals surface area contributed by atoms with Gasteiger partial charge in [-0.2, -0.15) is 0 Å². The van der Waals surface area contributed by atoms with Gasteiger partial charge in [-0.05, 0) is 43.5 Å². The quantitative estimate of drug-likeness (QED) is 0.427. The maximum absolute atomic E-state index is 5.18. The van der Waals surface area contributed by atoms with Crippen molar-refractivity contribution in [3.8, 4) is 17.6 Å². The van der Waals surface area contributed by atoms with Crippen LogP contribution in [0.5, 0.6) is 5.75 Å². The fourth-order valence-electron chi connectivity index (χ4n) is 2.94. The Balaban J connectivity index is 2.18. The first kappa shape index (κ1) is 14.7. The van der Waals surface area contributed by atoms with E-state index in [4.69, 9.17) is 4.74 Å². The molecule has 0 unspecified atom stereocenters. The molecule has 1 nitrogen and oxygen atoms in total. The van der Waals surface area contributed by atoms with Crippen molar-refractivity contribution in [3.63, 3.8) is 0 Å². The van der Waals surface area contributed by atoms with Crippen LogP contribution in [-0.4, -0.2) is 7.11 Å². The van der Waals surface area contributed by atoms with Gasteiger partial charge in [-0.1, -0.05) is 43.6 Å². The van der Waals surface area contributed by atoms with Gasteiger partial charge in [-0.15, -0.1) is 6.58 Å². The summed E-state index contributed by atoms with van der Waals surface area (Å²) in [6.45, 7) is 3.92. The fourth-order valence-corrected chi connectivity index (χ4v) is 2.94. The number of allylic oxidation sites excluding steroid dienone is 1. The monoisotopic (exact) mass is 268 g/mol. The van der Waals surface area contributed by atoms with Crippen LogP contribution < -0.4 is 4.74 Å². The molecule has 2 rings (SSSR count). The summed E-state index contributed by atoms with van der Waals surface area (Å²) in [6.07, 6.45) is 10.8. The van der Waals surface area contributed by atoms with Crippen LogP contribution in [0, 0.1) is 17.3 Å². The maximum atomic E-state index is 5.18. The summed E-state index contributed by atoms with van der Waals surface area (Å²) < 4.78 is 5.18. The van der Waals surface area contributed by atoms with Crippen LogP contribution in [0.25, 0.3) is 0 Å². The Bertz CT molecular complexity index is 479. The summed E-state index contributed by atoms with van der Waals surface area (Å²) in [5.41, 5.74) is 1.22. The minimum Gasteiger partial charge on any atom is -0.497 e. The molecule has 106 valence electrons. The first-order valence-corrected chi connectivity index (χ1v) is 7.56. The highest BCUT2D eigenvalue weighted by molar-refractivity contribution is 5.39. The first-order valence-electron chi connectivity index (χ1n) is 7.56. The first-order chi connectivity index (χ1) is 9.78. The summed E-state index contributed by atoms with van der Waals surface area (Å²) in [5, 5.41) is 0. The Morgan fingerprint density at radius 1 is 1.15 bits per heavy atom. The number of hydrogen-bond acceptors (Lipinski definition) is 1. The van der Waals surface area contributed by atoms with E-state index in [9.17, 15) is 0 Å². The van der Waals surface area contributed by atoms with Crippen molar-refractivity contribution in [3.05, 3.63) is 42.5 Å². The van der Waals surface area contributed by atoms with E-state index in [1.165, 1.54) is 38.5 Å². The summed E-state index contributed by atoms with van der Waals surface area (Å²) >= 11 is 0. The Kier molecular flexibility index (Phi) is 5.30. The van der Waals surface area contributed by atoms with E-state index in [-0.39, 0.29) is 5.41 Å². The van der Waals surface area contributed by atoms with E-state index in [2.05, 4.69) is 18.4 Å². The molecule has 0 heterocycles. The van der Waals surface area contributed by atoms with Crippen molar-refractivity contribution in [2.45, 2.75) is 44.9 Å². The second kappa shape index (κ2) is 7.20. The van der Waals surface area contributed by atoms with Gasteiger partial charge in [0.25, 0.3) is 0 Å². The number of hydrogen-bond donors (Lipinski definition) is 0. The Morgan fingerprint density at radius 2 is 1.80 bits per heavy atom. The molecule has 1 aromatic rings. The van der Waals surface area contributed by atoms with Crippen molar-refractivity contribution in [2.24, 2.45) is 5.41 Å². The van der Waals surface area contributed by atoms with Gasteiger partial charge >= 0.3 is 0 Å². The minimum absolute atomic E-state index is 0.151.